The topological polar surface area (TPSA) is 17.1 Å². The highest BCUT2D eigenvalue weighted by Crippen LogP contribution is 2.14. The largest absolute Gasteiger partial charge is 0.260 e. The molecule has 0 aromatic heterocycles. The Morgan fingerprint density at radius 1 is 1.71 bits per heavy atom. The average Bonchev–Trinajstić information content (AvgIpc) is 1.87. The lowest BCUT2D eigenvalue weighted by atomic mass is 10.4. The van der Waals surface area contributed by atoms with Crippen molar-refractivity contribution in [3.8, 4) is 0 Å². The van der Waals surface area contributed by atoms with E-state index in [4.69, 9.17) is 0 Å². The Balaban J connectivity index is 2.40. The second-order valence-corrected chi connectivity index (χ2v) is 4.61. The van der Waals surface area contributed by atoms with E-state index in [0.717, 1.165) is 17.9 Å². The second-order valence-electron chi connectivity index (χ2n) is 1.70. The molecule has 1 fully saturated rings. The summed E-state index contributed by atoms with van der Waals surface area (Å²) in [6.45, 7) is 0. The van der Waals surface area contributed by atoms with E-state index in [1.165, 1.54) is 0 Å². The van der Waals surface area contributed by atoms with Gasteiger partial charge in [0.15, 0.2) is 0 Å². The van der Waals surface area contributed by atoms with Crippen LogP contribution in [0.3, 0.4) is 0 Å². The predicted molar refractivity (Wildman–Crippen MR) is 35.2 cm³/mol. The van der Waals surface area contributed by atoms with Crippen LogP contribution in [0.15, 0.2) is 0 Å². The summed E-state index contributed by atoms with van der Waals surface area (Å²) in [5, 5.41) is 0. The van der Waals surface area contributed by atoms with Crippen molar-refractivity contribution in [3.05, 3.63) is 0 Å². The maximum Gasteiger partial charge on any atom is 0.0360 e. The maximum absolute atomic E-state index is 10.5. The van der Waals surface area contributed by atoms with E-state index in [1.807, 2.05) is 0 Å². The van der Waals surface area contributed by atoms with Gasteiger partial charge in [-0.15, -0.1) is 0 Å². The molecule has 42 valence electrons. The summed E-state index contributed by atoms with van der Waals surface area (Å²) in [7, 11) is -0.500. The van der Waals surface area contributed by atoms with Crippen molar-refractivity contribution in [3.63, 3.8) is 0 Å². The molecular formula is C4H7BrOS. The number of alkyl halides is 1. The molecule has 1 heterocycles. The van der Waals surface area contributed by atoms with Crippen LogP contribution in [0.2, 0.25) is 0 Å². The zero-order chi connectivity index (χ0) is 5.28. The van der Waals surface area contributed by atoms with Gasteiger partial charge in [0.1, 0.15) is 0 Å². The summed E-state index contributed by atoms with van der Waals surface area (Å²) in [6.07, 6.45) is 1.09. The summed E-state index contributed by atoms with van der Waals surface area (Å²) in [5.41, 5.74) is 0. The average molecular weight is 183 g/mol. The van der Waals surface area contributed by atoms with Crippen molar-refractivity contribution in [2.24, 2.45) is 0 Å². The van der Waals surface area contributed by atoms with E-state index in [1.54, 1.807) is 0 Å². The molecule has 0 aromatic rings. The van der Waals surface area contributed by atoms with Crippen LogP contribution in [0, 0.1) is 0 Å². The van der Waals surface area contributed by atoms with Gasteiger partial charge in [0.25, 0.3) is 0 Å². The first-order chi connectivity index (χ1) is 3.29. The van der Waals surface area contributed by atoms with Crippen LogP contribution in [0.5, 0.6) is 0 Å². The first kappa shape index (κ1) is 5.76. The van der Waals surface area contributed by atoms with Gasteiger partial charge in [-0.1, -0.05) is 15.9 Å². The van der Waals surface area contributed by atoms with Gasteiger partial charge in [-0.3, -0.25) is 4.21 Å². The monoisotopic (exact) mass is 182 g/mol. The minimum Gasteiger partial charge on any atom is -0.260 e. The molecule has 0 bridgehead atoms. The Labute approximate surface area is 54.1 Å². The van der Waals surface area contributed by atoms with Crippen LogP contribution < -0.4 is 0 Å². The number of hydrogen-bond acceptors (Lipinski definition) is 1. The number of halogens is 1. The first-order valence-corrected chi connectivity index (χ1v) is 4.68. The van der Waals surface area contributed by atoms with Gasteiger partial charge in [-0.2, -0.15) is 0 Å². The van der Waals surface area contributed by atoms with Gasteiger partial charge in [-0.25, -0.2) is 0 Å². The van der Waals surface area contributed by atoms with Crippen molar-refractivity contribution >= 4 is 26.7 Å². The van der Waals surface area contributed by atoms with E-state index >= 15 is 0 Å². The van der Waals surface area contributed by atoms with E-state index in [9.17, 15) is 4.21 Å². The fourth-order valence-corrected chi connectivity index (χ4v) is 3.33. The maximum atomic E-state index is 10.5. The Morgan fingerprint density at radius 3 is 2.57 bits per heavy atom. The van der Waals surface area contributed by atoms with Gasteiger partial charge >= 0.3 is 0 Å². The number of hydrogen-bond donors (Lipinski definition) is 0. The molecule has 0 N–H and O–H groups in total. The van der Waals surface area contributed by atoms with Crippen molar-refractivity contribution in [2.75, 3.05) is 11.5 Å². The van der Waals surface area contributed by atoms with Gasteiger partial charge in [0, 0.05) is 27.1 Å². The molecule has 0 unspecified atom stereocenters. The lowest BCUT2D eigenvalue weighted by Gasteiger charge is -1.87. The summed E-state index contributed by atoms with van der Waals surface area (Å²) in [6, 6.07) is 0. The zero-order valence-electron chi connectivity index (χ0n) is 3.89. The molecule has 0 aromatic carbocycles. The highest BCUT2D eigenvalue weighted by atomic mass is 79.9. The van der Waals surface area contributed by atoms with Gasteiger partial charge in [0.05, 0.1) is 0 Å². The highest BCUT2D eigenvalue weighted by molar-refractivity contribution is 9.09. The van der Waals surface area contributed by atoms with Gasteiger partial charge in [-0.05, 0) is 6.42 Å². The van der Waals surface area contributed by atoms with E-state index in [-0.39, 0.29) is 0 Å². The molecule has 1 aliphatic heterocycles. The quantitative estimate of drug-likeness (QED) is 0.510. The summed E-state index contributed by atoms with van der Waals surface area (Å²) < 4.78 is 10.5. The molecule has 0 amide bonds. The van der Waals surface area contributed by atoms with Crippen molar-refractivity contribution < 1.29 is 4.21 Å². The van der Waals surface area contributed by atoms with Gasteiger partial charge in [0.2, 0.25) is 0 Å². The summed E-state index contributed by atoms with van der Waals surface area (Å²) in [5.74, 6) is 1.76. The fourth-order valence-electron chi connectivity index (χ4n) is 0.628. The Bertz CT molecular complexity index is 93.7. The van der Waals surface area contributed by atoms with Crippen LogP contribution >= 0.6 is 15.9 Å². The molecule has 0 saturated carbocycles. The Hall–Kier alpha value is 0.630. The second kappa shape index (κ2) is 2.27. The molecule has 2 atom stereocenters. The molecule has 1 rings (SSSR count). The lowest BCUT2D eigenvalue weighted by Crippen LogP contribution is -1.94. The third-order valence-electron chi connectivity index (χ3n) is 1.03. The molecule has 0 aliphatic carbocycles. The van der Waals surface area contributed by atoms with Crippen molar-refractivity contribution in [1.29, 1.82) is 0 Å². The third-order valence-corrected chi connectivity index (χ3v) is 3.70. The molecular weight excluding hydrogens is 176 g/mol. The number of rotatable bonds is 0. The molecule has 3 heteroatoms. The highest BCUT2D eigenvalue weighted by Gasteiger charge is 2.16. The normalized spacial score (nSPS) is 41.9. The third kappa shape index (κ3) is 1.53. The van der Waals surface area contributed by atoms with Crippen molar-refractivity contribution in [1.82, 2.24) is 0 Å². The minimum absolute atomic E-state index is 0.500. The summed E-state index contributed by atoms with van der Waals surface area (Å²) in [4.78, 5) is 0.535. The smallest absolute Gasteiger partial charge is 0.0360 e. The molecule has 7 heavy (non-hydrogen) atoms. The van der Waals surface area contributed by atoms with Crippen LogP contribution in [0.4, 0.5) is 0 Å². The standard InChI is InChI=1S/C4H7BrOS/c5-4-1-2-7(6)3-4/h4H,1-3H2/t4-,7-/m0/s1. The first-order valence-electron chi connectivity index (χ1n) is 2.28. The van der Waals surface area contributed by atoms with E-state index in [0.29, 0.717) is 4.83 Å². The van der Waals surface area contributed by atoms with Crippen LogP contribution in [0.1, 0.15) is 6.42 Å². The molecule has 1 saturated heterocycles. The van der Waals surface area contributed by atoms with Gasteiger partial charge < -0.3 is 0 Å². The molecule has 1 aliphatic rings. The SMILES string of the molecule is O=[S@]1CC[C@H](Br)C1. The van der Waals surface area contributed by atoms with E-state index in [2.05, 4.69) is 15.9 Å². The molecule has 0 spiro atoms. The Kier molecular flexibility index (Phi) is 1.87. The summed E-state index contributed by atoms with van der Waals surface area (Å²) >= 11 is 3.39. The fraction of sp³-hybridized carbons (Fsp3) is 1.00. The minimum atomic E-state index is -0.500. The zero-order valence-corrected chi connectivity index (χ0v) is 6.30. The molecule has 1 nitrogen and oxygen atoms in total. The Morgan fingerprint density at radius 2 is 2.43 bits per heavy atom. The predicted octanol–water partition coefficient (Wildman–Crippen LogP) is 0.902. The van der Waals surface area contributed by atoms with E-state index < -0.39 is 10.8 Å². The van der Waals surface area contributed by atoms with Crippen LogP contribution in [0.25, 0.3) is 0 Å². The molecule has 0 radical (unpaired) electrons. The van der Waals surface area contributed by atoms with Crippen molar-refractivity contribution in [2.45, 2.75) is 11.2 Å². The van der Waals surface area contributed by atoms with Crippen LogP contribution in [-0.4, -0.2) is 20.5 Å². The van der Waals surface area contributed by atoms with Crippen LogP contribution in [-0.2, 0) is 10.8 Å². The lowest BCUT2D eigenvalue weighted by molar-refractivity contribution is 0.687.